The number of halogens is 1. The lowest BCUT2D eigenvalue weighted by Gasteiger charge is -2.09. The fraction of sp³-hybridized carbons (Fsp3) is 0.0455. The number of nitrogens with one attached hydrogen (secondary N) is 1. The van der Waals surface area contributed by atoms with Crippen molar-refractivity contribution in [2.45, 2.75) is 0 Å². The van der Waals surface area contributed by atoms with Gasteiger partial charge in [-0.05, 0) is 48.5 Å². The maximum absolute atomic E-state index is 10.2. The average Bonchev–Trinajstić information content (AvgIpc) is 2.75. The summed E-state index contributed by atoms with van der Waals surface area (Å²) in [6.07, 6.45) is 1.51. The number of methoxy groups -OCH3 is 1. The summed E-state index contributed by atoms with van der Waals surface area (Å²) < 4.78 is 5.12. The fourth-order valence-electron chi connectivity index (χ4n) is 2.86. The molecule has 2 N–H and O–H groups in total. The first-order valence-electron chi connectivity index (χ1n) is 8.83. The van der Waals surface area contributed by atoms with Crippen molar-refractivity contribution in [1.82, 2.24) is 9.97 Å². The van der Waals surface area contributed by atoms with Gasteiger partial charge in [0.2, 0.25) is 0 Å². The Morgan fingerprint density at radius 3 is 2.59 bits per heavy atom. The molecule has 144 valence electrons. The number of anilines is 1. The van der Waals surface area contributed by atoms with E-state index in [1.54, 1.807) is 30.3 Å². The minimum atomic E-state index is 0.0231. The molecule has 0 spiro atoms. The number of hydrogen-bond acceptors (Lipinski definition) is 6. The van der Waals surface area contributed by atoms with Gasteiger partial charge < -0.3 is 9.84 Å². The summed E-state index contributed by atoms with van der Waals surface area (Å²) in [5, 5.41) is 15.9. The molecule has 0 saturated heterocycles. The molecule has 4 rings (SSSR count). The number of phenols is 1. The number of hydrogen-bond donors (Lipinski definition) is 2. The van der Waals surface area contributed by atoms with Gasteiger partial charge in [0.05, 0.1) is 18.8 Å². The molecule has 0 bridgehead atoms. The summed E-state index contributed by atoms with van der Waals surface area (Å²) in [6, 6.07) is 20.2. The van der Waals surface area contributed by atoms with Gasteiger partial charge in [-0.1, -0.05) is 29.8 Å². The van der Waals surface area contributed by atoms with Crippen molar-refractivity contribution < 1.29 is 9.84 Å². The van der Waals surface area contributed by atoms with E-state index in [2.05, 4.69) is 20.5 Å². The molecule has 29 heavy (non-hydrogen) atoms. The molecular weight excluding hydrogens is 388 g/mol. The number of fused-ring (bicyclic) bond motifs is 1. The maximum Gasteiger partial charge on any atom is 0.166 e. The number of benzene rings is 3. The minimum absolute atomic E-state index is 0.0231. The number of nitrogens with zero attached hydrogens (tertiary/aromatic N) is 3. The Labute approximate surface area is 172 Å². The summed E-state index contributed by atoms with van der Waals surface area (Å²) in [5.41, 5.74) is 5.12. The third kappa shape index (κ3) is 3.97. The molecule has 6 nitrogen and oxygen atoms in total. The molecule has 0 aliphatic rings. The van der Waals surface area contributed by atoms with Gasteiger partial charge in [-0.15, -0.1) is 0 Å². The molecule has 0 aliphatic heterocycles. The van der Waals surface area contributed by atoms with E-state index in [1.165, 1.54) is 13.3 Å². The molecule has 0 atom stereocenters. The van der Waals surface area contributed by atoms with Crippen molar-refractivity contribution >= 4 is 34.5 Å². The summed E-state index contributed by atoms with van der Waals surface area (Å²) in [7, 11) is 1.50. The maximum atomic E-state index is 10.2. The number of hydrazone groups is 1. The molecule has 1 heterocycles. The van der Waals surface area contributed by atoms with Crippen LogP contribution >= 0.6 is 11.6 Å². The SMILES string of the molecule is COc1cccc(/C=N/Nc2nc(-c3ccc(Cl)cc3)nc3ccccc23)c1O. The highest BCUT2D eigenvalue weighted by Gasteiger charge is 2.09. The largest absolute Gasteiger partial charge is 0.504 e. The van der Waals surface area contributed by atoms with Crippen molar-refractivity contribution in [3.63, 3.8) is 0 Å². The van der Waals surface area contributed by atoms with Gasteiger partial charge in [0.15, 0.2) is 23.1 Å². The summed E-state index contributed by atoms with van der Waals surface area (Å²) >= 11 is 5.98. The summed E-state index contributed by atoms with van der Waals surface area (Å²) in [6.45, 7) is 0. The van der Waals surface area contributed by atoms with Gasteiger partial charge in [0, 0.05) is 21.5 Å². The van der Waals surface area contributed by atoms with E-state index in [0.29, 0.717) is 28.0 Å². The van der Waals surface area contributed by atoms with Gasteiger partial charge in [-0.2, -0.15) is 5.10 Å². The third-order valence-electron chi connectivity index (χ3n) is 4.33. The second-order valence-corrected chi connectivity index (χ2v) is 6.62. The van der Waals surface area contributed by atoms with Gasteiger partial charge in [-0.25, -0.2) is 9.97 Å². The Morgan fingerprint density at radius 2 is 1.79 bits per heavy atom. The van der Waals surface area contributed by atoms with Crippen LogP contribution in [0.25, 0.3) is 22.3 Å². The minimum Gasteiger partial charge on any atom is -0.504 e. The van der Waals surface area contributed by atoms with Crippen LogP contribution in [0.2, 0.25) is 5.02 Å². The van der Waals surface area contributed by atoms with Crippen LogP contribution in [0.4, 0.5) is 5.82 Å². The van der Waals surface area contributed by atoms with E-state index in [0.717, 1.165) is 16.5 Å². The van der Waals surface area contributed by atoms with E-state index in [9.17, 15) is 5.11 Å². The summed E-state index contributed by atoms with van der Waals surface area (Å²) in [4.78, 5) is 9.26. The van der Waals surface area contributed by atoms with Crippen molar-refractivity contribution in [3.05, 3.63) is 77.3 Å². The standard InChI is InChI=1S/C22H17ClN4O2/c1-29-19-8-4-5-15(20(19)28)13-24-27-22-17-6-2-3-7-18(17)25-21(26-22)14-9-11-16(23)12-10-14/h2-13,28H,1H3,(H,25,26,27)/b24-13+. The number of aromatic hydroxyl groups is 1. The highest BCUT2D eigenvalue weighted by Crippen LogP contribution is 2.29. The Morgan fingerprint density at radius 1 is 1.00 bits per heavy atom. The first kappa shape index (κ1) is 18.7. The predicted octanol–water partition coefficient (Wildman–Crippen LogP) is 5.11. The zero-order valence-electron chi connectivity index (χ0n) is 15.5. The fourth-order valence-corrected chi connectivity index (χ4v) is 2.99. The zero-order chi connectivity index (χ0) is 20.2. The molecule has 0 fully saturated rings. The third-order valence-corrected chi connectivity index (χ3v) is 4.58. The normalized spacial score (nSPS) is 11.1. The number of rotatable bonds is 5. The van der Waals surface area contributed by atoms with Crippen molar-refractivity contribution in [2.75, 3.05) is 12.5 Å². The smallest absolute Gasteiger partial charge is 0.166 e. The lowest BCUT2D eigenvalue weighted by atomic mass is 10.2. The molecule has 0 aliphatic carbocycles. The first-order valence-corrected chi connectivity index (χ1v) is 9.21. The van der Waals surface area contributed by atoms with Gasteiger partial charge in [0.1, 0.15) is 0 Å². The van der Waals surface area contributed by atoms with Crippen LogP contribution in [-0.2, 0) is 0 Å². The van der Waals surface area contributed by atoms with Gasteiger partial charge >= 0.3 is 0 Å². The first-order chi connectivity index (χ1) is 14.2. The molecule has 7 heteroatoms. The van der Waals surface area contributed by atoms with Gasteiger partial charge in [-0.3, -0.25) is 5.43 Å². The molecule has 4 aromatic rings. The number of phenolic OH excluding ortho intramolecular Hbond substituents is 1. The lowest BCUT2D eigenvalue weighted by Crippen LogP contribution is -1.99. The number of aromatic nitrogens is 2. The molecule has 3 aromatic carbocycles. The van der Waals surface area contributed by atoms with E-state index in [-0.39, 0.29) is 5.75 Å². The van der Waals surface area contributed by atoms with Crippen LogP contribution in [0.15, 0.2) is 71.8 Å². The van der Waals surface area contributed by atoms with Crippen LogP contribution in [-0.4, -0.2) is 28.4 Å². The second kappa shape index (κ2) is 8.16. The molecular formula is C22H17ClN4O2. The summed E-state index contributed by atoms with van der Waals surface area (Å²) in [5.74, 6) is 1.52. The average molecular weight is 405 g/mol. The molecule has 0 unspecified atom stereocenters. The molecule has 0 amide bonds. The van der Waals surface area contributed by atoms with Crippen LogP contribution < -0.4 is 10.2 Å². The van der Waals surface area contributed by atoms with Crippen LogP contribution in [0, 0.1) is 0 Å². The molecule has 0 saturated carbocycles. The Bertz CT molecular complexity index is 1190. The topological polar surface area (TPSA) is 79.6 Å². The van der Waals surface area contributed by atoms with Crippen LogP contribution in [0.5, 0.6) is 11.5 Å². The lowest BCUT2D eigenvalue weighted by molar-refractivity contribution is 0.373. The molecule has 1 aromatic heterocycles. The number of ether oxygens (including phenoxy) is 1. The van der Waals surface area contributed by atoms with E-state index in [1.807, 2.05) is 36.4 Å². The van der Waals surface area contributed by atoms with E-state index in [4.69, 9.17) is 16.3 Å². The molecule has 0 radical (unpaired) electrons. The number of para-hydroxylation sites is 2. The Kier molecular flexibility index (Phi) is 5.27. The van der Waals surface area contributed by atoms with Crippen LogP contribution in [0.3, 0.4) is 0 Å². The quantitative estimate of drug-likeness (QED) is 0.357. The highest BCUT2D eigenvalue weighted by atomic mass is 35.5. The van der Waals surface area contributed by atoms with Crippen molar-refractivity contribution in [3.8, 4) is 22.9 Å². The monoisotopic (exact) mass is 404 g/mol. The van der Waals surface area contributed by atoms with E-state index >= 15 is 0 Å². The zero-order valence-corrected chi connectivity index (χ0v) is 16.3. The Hall–Kier alpha value is -3.64. The van der Waals surface area contributed by atoms with Crippen molar-refractivity contribution in [1.29, 1.82) is 0 Å². The Balaban J connectivity index is 1.70. The van der Waals surface area contributed by atoms with Gasteiger partial charge in [0.25, 0.3) is 0 Å². The van der Waals surface area contributed by atoms with Crippen LogP contribution in [0.1, 0.15) is 5.56 Å². The predicted molar refractivity (Wildman–Crippen MR) is 116 cm³/mol. The van der Waals surface area contributed by atoms with E-state index < -0.39 is 0 Å². The van der Waals surface area contributed by atoms with Crippen molar-refractivity contribution in [2.24, 2.45) is 5.10 Å². The highest BCUT2D eigenvalue weighted by molar-refractivity contribution is 6.30. The second-order valence-electron chi connectivity index (χ2n) is 6.19.